The van der Waals surface area contributed by atoms with Crippen molar-refractivity contribution >= 4 is 21.7 Å². The van der Waals surface area contributed by atoms with Gasteiger partial charge >= 0.3 is 0 Å². The molecule has 0 saturated carbocycles. The first-order valence-electron chi connectivity index (χ1n) is 4.25. The van der Waals surface area contributed by atoms with Crippen molar-refractivity contribution in [2.24, 2.45) is 5.73 Å². The molecule has 17 heavy (non-hydrogen) atoms. The molecule has 0 unspecified atom stereocenters. The third-order valence-electron chi connectivity index (χ3n) is 1.92. The molecule has 92 valence electrons. The smallest absolute Gasteiger partial charge is 0.294 e. The first-order valence-corrected chi connectivity index (χ1v) is 5.69. The predicted octanol–water partition coefficient (Wildman–Crippen LogP) is -0.131. The summed E-state index contributed by atoms with van der Waals surface area (Å²) in [5.41, 5.74) is 4.29. The maximum atomic E-state index is 10.8. The molecule has 8 nitrogen and oxygen atoms in total. The molecule has 0 aliphatic heterocycles. The molecule has 1 aromatic rings. The lowest BCUT2D eigenvalue weighted by molar-refractivity contribution is -0.385. The molecule has 0 aromatic heterocycles. The van der Waals surface area contributed by atoms with Crippen LogP contribution in [0.15, 0.2) is 23.1 Å². The van der Waals surface area contributed by atoms with Gasteiger partial charge in [0, 0.05) is 11.6 Å². The summed E-state index contributed by atoms with van der Waals surface area (Å²) in [7, 11) is -4.52. The number of nitrogens with two attached hydrogens (primary N) is 1. The molecule has 0 heterocycles. The second-order valence-corrected chi connectivity index (χ2v) is 4.59. The quantitative estimate of drug-likeness (QED) is 0.438. The summed E-state index contributed by atoms with van der Waals surface area (Å²) in [5, 5.41) is 10.7. The second kappa shape index (κ2) is 4.47. The van der Waals surface area contributed by atoms with Gasteiger partial charge in [-0.15, -0.1) is 0 Å². The van der Waals surface area contributed by atoms with Crippen LogP contribution in [-0.2, 0) is 21.3 Å². The summed E-state index contributed by atoms with van der Waals surface area (Å²) in [4.78, 5) is 19.8. The molecule has 0 spiro atoms. The monoisotopic (exact) mass is 260 g/mol. The van der Waals surface area contributed by atoms with Gasteiger partial charge in [-0.2, -0.15) is 8.42 Å². The molecule has 0 radical (unpaired) electrons. The Balaban J connectivity index is 3.37. The van der Waals surface area contributed by atoms with Crippen molar-refractivity contribution in [3.8, 4) is 0 Å². The Hall–Kier alpha value is -2.00. The lowest BCUT2D eigenvalue weighted by atomic mass is 10.1. The fourth-order valence-corrected chi connectivity index (χ4v) is 1.71. The zero-order valence-electron chi connectivity index (χ0n) is 8.36. The highest BCUT2D eigenvalue weighted by atomic mass is 32.2. The van der Waals surface area contributed by atoms with E-state index in [4.69, 9.17) is 10.3 Å². The minimum absolute atomic E-state index is 0.0186. The number of nitrogens with zero attached hydrogens (tertiary/aromatic N) is 1. The number of carbonyl (C=O) groups excluding carboxylic acids is 1. The van der Waals surface area contributed by atoms with Crippen molar-refractivity contribution in [3.05, 3.63) is 33.9 Å². The van der Waals surface area contributed by atoms with Gasteiger partial charge in [0.05, 0.1) is 11.3 Å². The van der Waals surface area contributed by atoms with Gasteiger partial charge < -0.3 is 5.73 Å². The molecule has 3 N–H and O–H groups in total. The zero-order chi connectivity index (χ0) is 13.2. The number of nitro benzene ring substituents is 1. The van der Waals surface area contributed by atoms with E-state index in [0.29, 0.717) is 6.07 Å². The van der Waals surface area contributed by atoms with Gasteiger partial charge in [0.25, 0.3) is 15.8 Å². The maximum absolute atomic E-state index is 10.8. The van der Waals surface area contributed by atoms with Gasteiger partial charge in [-0.25, -0.2) is 0 Å². The molecule has 1 aromatic carbocycles. The maximum Gasteiger partial charge on any atom is 0.294 e. The van der Waals surface area contributed by atoms with E-state index in [-0.39, 0.29) is 12.0 Å². The van der Waals surface area contributed by atoms with Crippen LogP contribution in [0.5, 0.6) is 0 Å². The molecule has 0 aliphatic carbocycles. The van der Waals surface area contributed by atoms with Crippen LogP contribution in [0.2, 0.25) is 0 Å². The minimum atomic E-state index is -4.52. The largest absolute Gasteiger partial charge is 0.369 e. The third-order valence-corrected chi connectivity index (χ3v) is 2.77. The van der Waals surface area contributed by atoms with Crippen molar-refractivity contribution in [3.63, 3.8) is 0 Å². The zero-order valence-corrected chi connectivity index (χ0v) is 9.18. The Morgan fingerprint density at radius 1 is 1.47 bits per heavy atom. The first-order chi connectivity index (χ1) is 7.71. The average molecular weight is 260 g/mol. The average Bonchev–Trinajstić information content (AvgIpc) is 2.15. The predicted molar refractivity (Wildman–Crippen MR) is 55.8 cm³/mol. The van der Waals surface area contributed by atoms with E-state index in [1.54, 1.807) is 0 Å². The summed E-state index contributed by atoms with van der Waals surface area (Å²) >= 11 is 0. The van der Waals surface area contributed by atoms with E-state index in [9.17, 15) is 23.3 Å². The highest BCUT2D eigenvalue weighted by Crippen LogP contribution is 2.23. The van der Waals surface area contributed by atoms with Crippen molar-refractivity contribution in [1.82, 2.24) is 0 Å². The summed E-state index contributed by atoms with van der Waals surface area (Å²) in [5.74, 6) is -0.785. The molecule has 0 saturated heterocycles. The number of hydrogen-bond acceptors (Lipinski definition) is 5. The Labute approximate surface area is 95.9 Å². The van der Waals surface area contributed by atoms with Gasteiger partial charge in [-0.3, -0.25) is 19.5 Å². The highest BCUT2D eigenvalue weighted by molar-refractivity contribution is 7.85. The van der Waals surface area contributed by atoms with Crippen molar-refractivity contribution in [2.75, 3.05) is 0 Å². The Bertz CT molecular complexity index is 580. The molecular formula is C8H8N2O6S. The minimum Gasteiger partial charge on any atom is -0.369 e. The molecule has 0 fully saturated rings. The van der Waals surface area contributed by atoms with Gasteiger partial charge in [0.2, 0.25) is 5.91 Å². The fraction of sp³-hybridized carbons (Fsp3) is 0.125. The van der Waals surface area contributed by atoms with Crippen molar-refractivity contribution in [2.45, 2.75) is 11.3 Å². The number of benzene rings is 1. The topological polar surface area (TPSA) is 141 Å². The van der Waals surface area contributed by atoms with E-state index < -0.39 is 31.5 Å². The Kier molecular flexibility index (Phi) is 3.44. The second-order valence-electron chi connectivity index (χ2n) is 3.17. The first kappa shape index (κ1) is 13.1. The lowest BCUT2D eigenvalue weighted by Gasteiger charge is -2.02. The number of primary amides is 1. The third kappa shape index (κ3) is 3.23. The molecule has 1 rings (SSSR count). The summed E-state index contributed by atoms with van der Waals surface area (Å²) in [6, 6.07) is 2.69. The highest BCUT2D eigenvalue weighted by Gasteiger charge is 2.20. The lowest BCUT2D eigenvalue weighted by Crippen LogP contribution is -2.15. The summed E-state index contributed by atoms with van der Waals surface area (Å²) in [6.07, 6.45) is -0.387. The number of rotatable bonds is 4. The van der Waals surface area contributed by atoms with Crippen LogP contribution in [0, 0.1) is 10.1 Å². The molecule has 0 atom stereocenters. The van der Waals surface area contributed by atoms with Crippen LogP contribution in [0.1, 0.15) is 5.56 Å². The number of hydrogen-bond donors (Lipinski definition) is 2. The van der Waals surface area contributed by atoms with Crippen molar-refractivity contribution < 1.29 is 22.7 Å². The van der Waals surface area contributed by atoms with E-state index >= 15 is 0 Å². The van der Waals surface area contributed by atoms with Crippen LogP contribution in [0.25, 0.3) is 0 Å². The van der Waals surface area contributed by atoms with Crippen LogP contribution in [0.3, 0.4) is 0 Å². The summed E-state index contributed by atoms with van der Waals surface area (Å²) in [6.45, 7) is 0. The number of amides is 1. The fourth-order valence-electron chi connectivity index (χ4n) is 1.21. The van der Waals surface area contributed by atoms with Crippen molar-refractivity contribution in [1.29, 1.82) is 0 Å². The Morgan fingerprint density at radius 3 is 2.47 bits per heavy atom. The van der Waals surface area contributed by atoms with E-state index in [1.165, 1.54) is 0 Å². The summed E-state index contributed by atoms with van der Waals surface area (Å²) < 4.78 is 30.3. The number of carbonyl (C=O) groups is 1. The van der Waals surface area contributed by atoms with Crippen LogP contribution in [-0.4, -0.2) is 23.8 Å². The van der Waals surface area contributed by atoms with Crippen LogP contribution < -0.4 is 5.73 Å². The van der Waals surface area contributed by atoms with Crippen LogP contribution in [0.4, 0.5) is 5.69 Å². The SMILES string of the molecule is NC(=O)Cc1ccc(S(=O)(=O)O)cc1[N+](=O)[O-]. The van der Waals surface area contributed by atoms with E-state index in [1.807, 2.05) is 0 Å². The Morgan fingerprint density at radius 2 is 2.06 bits per heavy atom. The van der Waals surface area contributed by atoms with Gasteiger partial charge in [-0.05, 0) is 6.07 Å². The molecule has 1 amide bonds. The van der Waals surface area contributed by atoms with Crippen LogP contribution >= 0.6 is 0 Å². The molecular weight excluding hydrogens is 252 g/mol. The number of nitro groups is 1. The molecule has 9 heteroatoms. The standard InChI is InChI=1S/C8H8N2O6S/c9-8(11)3-5-1-2-6(17(14,15)16)4-7(5)10(12)13/h1-2,4H,3H2,(H2,9,11)(H,14,15,16). The molecule has 0 aliphatic rings. The van der Waals surface area contributed by atoms with Gasteiger partial charge in [0.15, 0.2) is 0 Å². The van der Waals surface area contributed by atoms with E-state index in [2.05, 4.69) is 0 Å². The van der Waals surface area contributed by atoms with E-state index in [0.717, 1.165) is 12.1 Å². The van der Waals surface area contributed by atoms with Gasteiger partial charge in [-0.1, -0.05) is 6.07 Å². The normalized spacial score (nSPS) is 11.1. The van der Waals surface area contributed by atoms with Gasteiger partial charge in [0.1, 0.15) is 4.90 Å². The molecule has 0 bridgehead atoms.